The van der Waals surface area contributed by atoms with Crippen LogP contribution in [-0.2, 0) is 0 Å². The normalized spacial score (nSPS) is 10.5. The first kappa shape index (κ1) is 11.7. The fourth-order valence-corrected chi connectivity index (χ4v) is 2.26. The van der Waals surface area contributed by atoms with Gasteiger partial charge in [0.05, 0.1) is 11.3 Å². The summed E-state index contributed by atoms with van der Waals surface area (Å²) in [6, 6.07) is 6.79. The van der Waals surface area contributed by atoms with E-state index in [0.717, 1.165) is 11.5 Å². The fourth-order valence-electron chi connectivity index (χ4n) is 1.31. The van der Waals surface area contributed by atoms with E-state index in [1.54, 1.807) is 24.3 Å². The monoisotopic (exact) mass is 249 g/mol. The van der Waals surface area contributed by atoms with Crippen molar-refractivity contribution in [2.24, 2.45) is 0 Å². The molecule has 2 aromatic rings. The molecule has 0 fully saturated rings. The van der Waals surface area contributed by atoms with Gasteiger partial charge in [-0.1, -0.05) is 12.1 Å². The molecule has 0 amide bonds. The number of carboxylic acid groups (broad SMARTS) is 1. The molecule has 0 radical (unpaired) electrons. The number of aromatic nitrogens is 1. The highest BCUT2D eigenvalue weighted by Gasteiger charge is 2.13. The van der Waals surface area contributed by atoms with Crippen molar-refractivity contribution in [3.8, 4) is 0 Å². The molecule has 0 saturated carbocycles. The smallest absolute Gasteiger partial charge is 0.336 e. The first-order valence-electron chi connectivity index (χ1n) is 5.02. The Morgan fingerprint density at radius 2 is 2.06 bits per heavy atom. The maximum atomic E-state index is 11.0. The summed E-state index contributed by atoms with van der Waals surface area (Å²) < 4.78 is 5.41. The summed E-state index contributed by atoms with van der Waals surface area (Å²) in [5.74, 6) is -0.201. The van der Waals surface area contributed by atoms with E-state index in [2.05, 4.69) is 4.98 Å². The number of rotatable bonds is 3. The minimum atomic E-state index is -0.951. The number of carbonyl (C=O) groups is 1. The third kappa shape index (κ3) is 2.50. The number of hydrogen-bond donors (Lipinski definition) is 1. The van der Waals surface area contributed by atoms with Gasteiger partial charge < -0.3 is 9.52 Å². The zero-order valence-electron chi connectivity index (χ0n) is 9.43. The lowest BCUT2D eigenvalue weighted by atomic mass is 10.2. The Kier molecular flexibility index (Phi) is 3.19. The quantitative estimate of drug-likeness (QED) is 0.905. The van der Waals surface area contributed by atoms with Gasteiger partial charge in [0.1, 0.15) is 5.76 Å². The Labute approximate surface area is 103 Å². The molecule has 17 heavy (non-hydrogen) atoms. The lowest BCUT2D eigenvalue weighted by Gasteiger charge is -2.01. The Balaban J connectivity index is 2.33. The van der Waals surface area contributed by atoms with Crippen molar-refractivity contribution in [1.82, 2.24) is 4.98 Å². The van der Waals surface area contributed by atoms with Crippen LogP contribution in [0.4, 0.5) is 0 Å². The van der Waals surface area contributed by atoms with Crippen LogP contribution in [0.25, 0.3) is 0 Å². The van der Waals surface area contributed by atoms with E-state index in [0.29, 0.717) is 10.1 Å². The maximum absolute atomic E-state index is 11.0. The molecule has 2 rings (SSSR count). The summed E-state index contributed by atoms with van der Waals surface area (Å²) in [5.41, 5.74) is 1.08. The summed E-state index contributed by atoms with van der Waals surface area (Å²) in [5, 5.41) is 9.51. The highest BCUT2D eigenvalue weighted by molar-refractivity contribution is 7.99. The number of hydrogen-bond acceptors (Lipinski definition) is 4. The third-order valence-electron chi connectivity index (χ3n) is 2.32. The van der Waals surface area contributed by atoms with Gasteiger partial charge >= 0.3 is 5.97 Å². The van der Waals surface area contributed by atoms with E-state index < -0.39 is 5.97 Å². The Bertz CT molecular complexity index is 543. The van der Waals surface area contributed by atoms with E-state index in [4.69, 9.17) is 9.52 Å². The molecule has 4 nitrogen and oxygen atoms in total. The van der Waals surface area contributed by atoms with Crippen molar-refractivity contribution in [3.63, 3.8) is 0 Å². The topological polar surface area (TPSA) is 63.3 Å². The number of nitrogens with zero attached hydrogens (tertiary/aromatic N) is 1. The van der Waals surface area contributed by atoms with Gasteiger partial charge in [-0.2, -0.15) is 0 Å². The van der Waals surface area contributed by atoms with E-state index >= 15 is 0 Å². The summed E-state index contributed by atoms with van der Waals surface area (Å²) in [4.78, 5) is 15.9. The van der Waals surface area contributed by atoms with E-state index in [1.165, 1.54) is 11.8 Å². The summed E-state index contributed by atoms with van der Waals surface area (Å²) in [6.07, 6.45) is 0. The van der Waals surface area contributed by atoms with E-state index in [1.807, 2.05) is 13.8 Å². The second kappa shape index (κ2) is 4.63. The van der Waals surface area contributed by atoms with Crippen molar-refractivity contribution < 1.29 is 14.3 Å². The summed E-state index contributed by atoms with van der Waals surface area (Å²) in [7, 11) is 0. The molecule has 0 aliphatic carbocycles. The van der Waals surface area contributed by atoms with Crippen LogP contribution in [0.1, 0.15) is 21.8 Å². The van der Waals surface area contributed by atoms with Crippen molar-refractivity contribution in [3.05, 3.63) is 41.3 Å². The van der Waals surface area contributed by atoms with Gasteiger partial charge in [0.15, 0.2) is 0 Å². The van der Waals surface area contributed by atoms with Gasteiger partial charge in [0, 0.05) is 4.90 Å². The number of carboxylic acids is 1. The molecule has 0 aliphatic rings. The van der Waals surface area contributed by atoms with Crippen LogP contribution in [-0.4, -0.2) is 16.1 Å². The van der Waals surface area contributed by atoms with Crippen molar-refractivity contribution in [1.29, 1.82) is 0 Å². The van der Waals surface area contributed by atoms with Crippen molar-refractivity contribution in [2.45, 2.75) is 24.0 Å². The predicted molar refractivity (Wildman–Crippen MR) is 63.5 cm³/mol. The SMILES string of the molecule is Cc1nc(Sc2ccccc2C(=O)O)oc1C. The first-order chi connectivity index (χ1) is 8.08. The van der Waals surface area contributed by atoms with Gasteiger partial charge in [-0.15, -0.1) is 0 Å². The Morgan fingerprint density at radius 3 is 2.65 bits per heavy atom. The van der Waals surface area contributed by atoms with Crippen LogP contribution in [0.15, 0.2) is 38.8 Å². The number of aryl methyl sites for hydroxylation is 2. The second-order valence-electron chi connectivity index (χ2n) is 3.52. The zero-order valence-corrected chi connectivity index (χ0v) is 10.2. The summed E-state index contributed by atoms with van der Waals surface area (Å²) in [6.45, 7) is 3.68. The second-order valence-corrected chi connectivity index (χ2v) is 4.52. The lowest BCUT2D eigenvalue weighted by molar-refractivity contribution is 0.0693. The number of oxazole rings is 1. The molecular formula is C12H11NO3S. The van der Waals surface area contributed by atoms with Gasteiger partial charge in [-0.25, -0.2) is 9.78 Å². The molecule has 0 unspecified atom stereocenters. The van der Waals surface area contributed by atoms with Crippen LogP contribution in [0.2, 0.25) is 0 Å². The summed E-state index contributed by atoms with van der Waals surface area (Å²) >= 11 is 1.22. The van der Waals surface area contributed by atoms with Crippen LogP contribution in [0, 0.1) is 13.8 Å². The lowest BCUT2D eigenvalue weighted by Crippen LogP contribution is -1.97. The molecule has 1 N–H and O–H groups in total. The van der Waals surface area contributed by atoms with Gasteiger partial charge in [0.2, 0.25) is 0 Å². The Morgan fingerprint density at radius 1 is 1.35 bits per heavy atom. The number of aromatic carboxylic acids is 1. The molecule has 0 bridgehead atoms. The highest BCUT2D eigenvalue weighted by Crippen LogP contribution is 2.30. The zero-order chi connectivity index (χ0) is 12.4. The molecule has 0 aliphatic heterocycles. The minimum Gasteiger partial charge on any atom is -0.478 e. The molecule has 0 saturated heterocycles. The first-order valence-corrected chi connectivity index (χ1v) is 5.84. The van der Waals surface area contributed by atoms with Crippen molar-refractivity contribution in [2.75, 3.05) is 0 Å². The molecule has 1 aromatic carbocycles. The molecule has 1 heterocycles. The molecule has 5 heteroatoms. The van der Waals surface area contributed by atoms with Gasteiger partial charge in [-0.05, 0) is 37.7 Å². The predicted octanol–water partition coefficient (Wildman–Crippen LogP) is 3.14. The van der Waals surface area contributed by atoms with Crippen LogP contribution < -0.4 is 0 Å². The minimum absolute atomic E-state index is 0.256. The molecule has 0 spiro atoms. The van der Waals surface area contributed by atoms with Gasteiger partial charge in [-0.3, -0.25) is 0 Å². The van der Waals surface area contributed by atoms with E-state index in [9.17, 15) is 4.79 Å². The average molecular weight is 249 g/mol. The molecule has 88 valence electrons. The van der Waals surface area contributed by atoms with Crippen LogP contribution in [0.3, 0.4) is 0 Å². The third-order valence-corrected chi connectivity index (χ3v) is 3.25. The molecule has 0 atom stereocenters. The average Bonchev–Trinajstić information content (AvgIpc) is 2.58. The number of benzene rings is 1. The van der Waals surface area contributed by atoms with Crippen LogP contribution >= 0.6 is 11.8 Å². The molecular weight excluding hydrogens is 238 g/mol. The largest absolute Gasteiger partial charge is 0.478 e. The van der Waals surface area contributed by atoms with Crippen LogP contribution in [0.5, 0.6) is 0 Å². The Hall–Kier alpha value is -1.75. The molecule has 1 aromatic heterocycles. The van der Waals surface area contributed by atoms with Gasteiger partial charge in [0.25, 0.3) is 5.22 Å². The fraction of sp³-hybridized carbons (Fsp3) is 0.167. The highest BCUT2D eigenvalue weighted by atomic mass is 32.2. The maximum Gasteiger partial charge on any atom is 0.336 e. The standard InChI is InChI=1S/C12H11NO3S/c1-7-8(2)16-12(13-7)17-10-6-4-3-5-9(10)11(14)15/h3-6H,1-2H3,(H,14,15). The van der Waals surface area contributed by atoms with E-state index in [-0.39, 0.29) is 5.56 Å². The van der Waals surface area contributed by atoms with Crippen molar-refractivity contribution >= 4 is 17.7 Å².